The van der Waals surface area contributed by atoms with E-state index < -0.39 is 0 Å². The molecule has 19 heavy (non-hydrogen) atoms. The van der Waals surface area contributed by atoms with Crippen molar-refractivity contribution < 1.29 is 4.39 Å². The van der Waals surface area contributed by atoms with Crippen LogP contribution in [0.25, 0.3) is 11.1 Å². The van der Waals surface area contributed by atoms with Crippen LogP contribution in [0.2, 0.25) is 0 Å². The van der Waals surface area contributed by atoms with Gasteiger partial charge in [0.15, 0.2) is 0 Å². The van der Waals surface area contributed by atoms with Crippen molar-refractivity contribution in [2.45, 2.75) is 32.7 Å². The van der Waals surface area contributed by atoms with Gasteiger partial charge < -0.3 is 5.32 Å². The minimum absolute atomic E-state index is 0.137. The average Bonchev–Trinajstić information content (AvgIpc) is 2.41. The second kappa shape index (κ2) is 4.69. The maximum atomic E-state index is 13.6. The van der Waals surface area contributed by atoms with Gasteiger partial charge in [0.2, 0.25) is 0 Å². The Hall–Kier alpha value is -1.83. The van der Waals surface area contributed by atoms with Gasteiger partial charge in [0.25, 0.3) is 0 Å². The molecule has 0 aromatic heterocycles. The third kappa shape index (κ3) is 2.23. The van der Waals surface area contributed by atoms with Crippen molar-refractivity contribution in [3.05, 3.63) is 53.3 Å². The SMILES string of the molecule is Cc1c(F)cccc1-c1ccc2c(c1)CCC(C)N2. The van der Waals surface area contributed by atoms with Gasteiger partial charge in [-0.15, -0.1) is 0 Å². The summed E-state index contributed by atoms with van der Waals surface area (Å²) in [4.78, 5) is 0. The number of hydrogen-bond acceptors (Lipinski definition) is 1. The molecule has 98 valence electrons. The first-order valence-electron chi connectivity index (χ1n) is 6.80. The standard InChI is InChI=1S/C17H18FN/c1-11-6-7-14-10-13(8-9-17(14)19-11)15-4-3-5-16(18)12(15)2/h3-5,8-11,19H,6-7H2,1-2H3. The molecule has 1 unspecified atom stereocenters. The second-order valence-corrected chi connectivity index (χ2v) is 5.37. The number of fused-ring (bicyclic) bond motifs is 1. The molecule has 3 rings (SSSR count). The lowest BCUT2D eigenvalue weighted by Crippen LogP contribution is -2.21. The van der Waals surface area contributed by atoms with Gasteiger partial charge >= 0.3 is 0 Å². The van der Waals surface area contributed by atoms with Crippen molar-refractivity contribution in [3.8, 4) is 11.1 Å². The summed E-state index contributed by atoms with van der Waals surface area (Å²) in [5, 5.41) is 3.49. The molecule has 2 aromatic rings. The van der Waals surface area contributed by atoms with Crippen molar-refractivity contribution in [2.75, 3.05) is 5.32 Å². The minimum Gasteiger partial charge on any atom is -0.382 e. The number of halogens is 1. The summed E-state index contributed by atoms with van der Waals surface area (Å²) in [7, 11) is 0. The summed E-state index contributed by atoms with van der Waals surface area (Å²) in [6.45, 7) is 4.04. The third-order valence-corrected chi connectivity index (χ3v) is 3.93. The fraction of sp³-hybridized carbons (Fsp3) is 0.294. The fourth-order valence-electron chi connectivity index (χ4n) is 2.74. The molecule has 2 heteroatoms. The van der Waals surface area contributed by atoms with Crippen molar-refractivity contribution in [3.63, 3.8) is 0 Å². The van der Waals surface area contributed by atoms with Gasteiger partial charge in [-0.1, -0.05) is 18.2 Å². The van der Waals surface area contributed by atoms with Crippen LogP contribution in [-0.2, 0) is 6.42 Å². The molecule has 1 nitrogen and oxygen atoms in total. The van der Waals surface area contributed by atoms with Crippen molar-refractivity contribution in [1.29, 1.82) is 0 Å². The van der Waals surface area contributed by atoms with E-state index in [1.165, 1.54) is 17.3 Å². The molecule has 1 N–H and O–H groups in total. The zero-order valence-electron chi connectivity index (χ0n) is 11.3. The fourth-order valence-corrected chi connectivity index (χ4v) is 2.74. The molecule has 0 saturated carbocycles. The van der Waals surface area contributed by atoms with Crippen LogP contribution in [0, 0.1) is 12.7 Å². The summed E-state index contributed by atoms with van der Waals surface area (Å²) in [6, 6.07) is 12.2. The van der Waals surface area contributed by atoms with E-state index in [9.17, 15) is 4.39 Å². The van der Waals surface area contributed by atoms with Crippen molar-refractivity contribution in [2.24, 2.45) is 0 Å². The van der Waals surface area contributed by atoms with Gasteiger partial charge in [-0.25, -0.2) is 4.39 Å². The van der Waals surface area contributed by atoms with E-state index in [4.69, 9.17) is 0 Å². The van der Waals surface area contributed by atoms with Gasteiger partial charge in [0.05, 0.1) is 0 Å². The monoisotopic (exact) mass is 255 g/mol. The Bertz CT molecular complexity index is 619. The molecular formula is C17H18FN. The predicted octanol–water partition coefficient (Wildman–Crippen LogP) is 4.55. The molecule has 1 aliphatic heterocycles. The van der Waals surface area contributed by atoms with Crippen LogP contribution in [0.4, 0.5) is 10.1 Å². The summed E-state index contributed by atoms with van der Waals surface area (Å²) >= 11 is 0. The van der Waals surface area contributed by atoms with Crippen LogP contribution < -0.4 is 5.32 Å². The normalized spacial score (nSPS) is 17.7. The van der Waals surface area contributed by atoms with Crippen LogP contribution in [-0.4, -0.2) is 6.04 Å². The molecule has 0 bridgehead atoms. The highest BCUT2D eigenvalue weighted by Gasteiger charge is 2.15. The molecule has 0 aliphatic carbocycles. The maximum absolute atomic E-state index is 13.6. The molecule has 0 fully saturated rings. The van der Waals surface area contributed by atoms with Crippen LogP contribution in [0.3, 0.4) is 0 Å². The zero-order valence-corrected chi connectivity index (χ0v) is 11.3. The number of hydrogen-bond donors (Lipinski definition) is 1. The summed E-state index contributed by atoms with van der Waals surface area (Å²) < 4.78 is 13.6. The van der Waals surface area contributed by atoms with Crippen molar-refractivity contribution >= 4 is 5.69 Å². The summed E-state index contributed by atoms with van der Waals surface area (Å²) in [5.74, 6) is -0.137. The van der Waals surface area contributed by atoms with Crippen LogP contribution >= 0.6 is 0 Å². The highest BCUT2D eigenvalue weighted by molar-refractivity contribution is 5.71. The second-order valence-electron chi connectivity index (χ2n) is 5.37. The molecule has 0 spiro atoms. The molecule has 0 amide bonds. The van der Waals surface area contributed by atoms with Crippen LogP contribution in [0.5, 0.6) is 0 Å². The van der Waals surface area contributed by atoms with E-state index in [0.717, 1.165) is 29.5 Å². The smallest absolute Gasteiger partial charge is 0.126 e. The Labute approximate surface area is 113 Å². The third-order valence-electron chi connectivity index (χ3n) is 3.93. The Morgan fingerprint density at radius 2 is 2.05 bits per heavy atom. The first-order valence-corrected chi connectivity index (χ1v) is 6.80. The van der Waals surface area contributed by atoms with Gasteiger partial charge in [0, 0.05) is 11.7 Å². The van der Waals surface area contributed by atoms with Crippen LogP contribution in [0.1, 0.15) is 24.5 Å². The van der Waals surface area contributed by atoms with E-state index in [0.29, 0.717) is 6.04 Å². The largest absolute Gasteiger partial charge is 0.382 e. The summed E-state index contributed by atoms with van der Waals surface area (Å²) in [5.41, 5.74) is 5.36. The Morgan fingerprint density at radius 3 is 2.89 bits per heavy atom. The van der Waals surface area contributed by atoms with Gasteiger partial charge in [-0.3, -0.25) is 0 Å². The molecule has 1 heterocycles. The first-order chi connectivity index (χ1) is 9.15. The quantitative estimate of drug-likeness (QED) is 0.788. The van der Waals surface area contributed by atoms with Crippen molar-refractivity contribution in [1.82, 2.24) is 0 Å². The van der Waals surface area contributed by atoms with Gasteiger partial charge in [-0.05, 0) is 67.1 Å². The van der Waals surface area contributed by atoms with E-state index in [-0.39, 0.29) is 5.82 Å². The predicted molar refractivity (Wildman–Crippen MR) is 78.0 cm³/mol. The highest BCUT2D eigenvalue weighted by Crippen LogP contribution is 2.31. The number of nitrogens with one attached hydrogen (secondary N) is 1. The number of aryl methyl sites for hydroxylation is 1. The zero-order chi connectivity index (χ0) is 13.4. The molecule has 1 aliphatic rings. The summed E-state index contributed by atoms with van der Waals surface area (Å²) in [6.07, 6.45) is 2.24. The highest BCUT2D eigenvalue weighted by atomic mass is 19.1. The lowest BCUT2D eigenvalue weighted by Gasteiger charge is -2.24. The topological polar surface area (TPSA) is 12.0 Å². The lowest BCUT2D eigenvalue weighted by atomic mass is 9.93. The number of anilines is 1. The minimum atomic E-state index is -0.137. The van der Waals surface area contributed by atoms with E-state index in [1.54, 1.807) is 6.07 Å². The van der Waals surface area contributed by atoms with E-state index >= 15 is 0 Å². The number of benzene rings is 2. The molecule has 1 atom stereocenters. The molecule has 0 saturated heterocycles. The Balaban J connectivity index is 2.05. The van der Waals surface area contributed by atoms with E-state index in [2.05, 4.69) is 30.4 Å². The maximum Gasteiger partial charge on any atom is 0.126 e. The van der Waals surface area contributed by atoms with Gasteiger partial charge in [-0.2, -0.15) is 0 Å². The first kappa shape index (κ1) is 12.2. The van der Waals surface area contributed by atoms with Gasteiger partial charge in [0.1, 0.15) is 5.82 Å². The molecular weight excluding hydrogens is 237 g/mol. The average molecular weight is 255 g/mol. The Kier molecular flexibility index (Phi) is 3.02. The van der Waals surface area contributed by atoms with E-state index in [1.807, 2.05) is 13.0 Å². The molecule has 0 radical (unpaired) electrons. The van der Waals surface area contributed by atoms with Crippen LogP contribution in [0.15, 0.2) is 36.4 Å². The lowest BCUT2D eigenvalue weighted by molar-refractivity contribution is 0.619. The number of rotatable bonds is 1. The Morgan fingerprint density at radius 1 is 1.21 bits per heavy atom. The molecule has 2 aromatic carbocycles.